The molecule has 0 aliphatic rings. The third-order valence-corrected chi connectivity index (χ3v) is 3.56. The number of hydrogen-bond donors (Lipinski definition) is 1. The molecular weight excluding hydrogens is 314 g/mol. The summed E-state index contributed by atoms with van der Waals surface area (Å²) >= 11 is 9.23. The summed E-state index contributed by atoms with van der Waals surface area (Å²) in [4.78, 5) is 11.9. The molecule has 1 N–H and O–H groups in total. The standard InChI is InChI=1S/C14H19BrClNO/c1-10(2)13(7-8-15)17-14(18)9-11-3-5-12(16)6-4-11/h3-6,10,13H,7-9H2,1-2H3,(H,17,18). The second kappa shape index (κ2) is 7.80. The summed E-state index contributed by atoms with van der Waals surface area (Å²) in [6, 6.07) is 7.61. The number of carbonyl (C=O) groups is 1. The first-order chi connectivity index (χ1) is 8.52. The predicted octanol–water partition coefficient (Wildman–Crippen LogP) is 3.81. The van der Waals surface area contributed by atoms with E-state index >= 15 is 0 Å². The molecule has 2 nitrogen and oxygen atoms in total. The Kier molecular flexibility index (Phi) is 6.72. The van der Waals surface area contributed by atoms with Gasteiger partial charge in [0, 0.05) is 16.4 Å². The first-order valence-corrected chi connectivity index (χ1v) is 7.62. The van der Waals surface area contributed by atoms with E-state index in [2.05, 4.69) is 35.1 Å². The van der Waals surface area contributed by atoms with Gasteiger partial charge in [-0.15, -0.1) is 0 Å². The maximum atomic E-state index is 11.9. The molecule has 4 heteroatoms. The number of nitrogens with one attached hydrogen (secondary N) is 1. The van der Waals surface area contributed by atoms with Crippen molar-refractivity contribution >= 4 is 33.4 Å². The summed E-state index contributed by atoms with van der Waals surface area (Å²) in [7, 11) is 0. The lowest BCUT2D eigenvalue weighted by atomic mass is 10.0. The number of alkyl halides is 1. The van der Waals surface area contributed by atoms with Crippen LogP contribution in [-0.2, 0) is 11.2 Å². The Morgan fingerprint density at radius 2 is 1.94 bits per heavy atom. The van der Waals surface area contributed by atoms with E-state index in [1.165, 1.54) is 0 Å². The van der Waals surface area contributed by atoms with Crippen LogP contribution in [-0.4, -0.2) is 17.3 Å². The number of hydrogen-bond acceptors (Lipinski definition) is 1. The summed E-state index contributed by atoms with van der Waals surface area (Å²) in [5, 5.41) is 4.67. The van der Waals surface area contributed by atoms with Gasteiger partial charge in [0.1, 0.15) is 0 Å². The van der Waals surface area contributed by atoms with Crippen LogP contribution < -0.4 is 5.32 Å². The molecule has 18 heavy (non-hydrogen) atoms. The van der Waals surface area contributed by atoms with Crippen LogP contribution in [0.4, 0.5) is 0 Å². The highest BCUT2D eigenvalue weighted by atomic mass is 79.9. The lowest BCUT2D eigenvalue weighted by molar-refractivity contribution is -0.121. The highest BCUT2D eigenvalue weighted by molar-refractivity contribution is 9.09. The van der Waals surface area contributed by atoms with Gasteiger partial charge in [-0.2, -0.15) is 0 Å². The van der Waals surface area contributed by atoms with Gasteiger partial charge in [-0.3, -0.25) is 4.79 Å². The molecule has 0 fully saturated rings. The van der Waals surface area contributed by atoms with E-state index < -0.39 is 0 Å². The lowest BCUT2D eigenvalue weighted by Crippen LogP contribution is -2.39. The Hall–Kier alpha value is -0.540. The Morgan fingerprint density at radius 3 is 2.44 bits per heavy atom. The van der Waals surface area contributed by atoms with Crippen molar-refractivity contribution in [3.05, 3.63) is 34.9 Å². The van der Waals surface area contributed by atoms with Gasteiger partial charge in [-0.25, -0.2) is 0 Å². The average Bonchev–Trinajstić information content (AvgIpc) is 2.31. The molecule has 1 aromatic rings. The summed E-state index contributed by atoms with van der Waals surface area (Å²) in [5.74, 6) is 0.508. The fourth-order valence-corrected chi connectivity index (χ4v) is 2.35. The molecule has 1 aromatic carbocycles. The molecule has 1 atom stereocenters. The van der Waals surface area contributed by atoms with Crippen LogP contribution in [0.15, 0.2) is 24.3 Å². The second-order valence-electron chi connectivity index (χ2n) is 4.70. The molecule has 0 heterocycles. The van der Waals surface area contributed by atoms with Crippen LogP contribution in [0, 0.1) is 5.92 Å². The Bertz CT molecular complexity index is 378. The van der Waals surface area contributed by atoms with Crippen LogP contribution in [0.3, 0.4) is 0 Å². The molecule has 0 saturated heterocycles. The molecule has 0 saturated carbocycles. The van der Waals surface area contributed by atoms with Gasteiger partial charge >= 0.3 is 0 Å². The molecular formula is C14H19BrClNO. The molecule has 0 aliphatic heterocycles. The zero-order chi connectivity index (χ0) is 13.5. The molecule has 1 rings (SSSR count). The number of amides is 1. The average molecular weight is 333 g/mol. The third-order valence-electron chi connectivity index (χ3n) is 2.85. The Balaban J connectivity index is 2.52. The molecule has 0 radical (unpaired) electrons. The molecule has 1 unspecified atom stereocenters. The van der Waals surface area contributed by atoms with Crippen molar-refractivity contribution in [2.75, 3.05) is 5.33 Å². The smallest absolute Gasteiger partial charge is 0.224 e. The SMILES string of the molecule is CC(C)C(CCBr)NC(=O)Cc1ccc(Cl)cc1. The minimum Gasteiger partial charge on any atom is -0.353 e. The van der Waals surface area contributed by atoms with Crippen LogP contribution in [0.5, 0.6) is 0 Å². The highest BCUT2D eigenvalue weighted by Crippen LogP contribution is 2.11. The molecule has 0 spiro atoms. The molecule has 100 valence electrons. The Labute approximate surface area is 122 Å². The summed E-state index contributed by atoms with van der Waals surface area (Å²) in [5.41, 5.74) is 0.984. The van der Waals surface area contributed by atoms with E-state index in [9.17, 15) is 4.79 Å². The lowest BCUT2D eigenvalue weighted by Gasteiger charge is -2.21. The van der Waals surface area contributed by atoms with Gasteiger partial charge in [0.15, 0.2) is 0 Å². The van der Waals surface area contributed by atoms with Crippen molar-refractivity contribution < 1.29 is 4.79 Å². The van der Waals surface area contributed by atoms with Crippen molar-refractivity contribution in [2.24, 2.45) is 5.92 Å². The molecule has 1 amide bonds. The normalized spacial score (nSPS) is 12.5. The predicted molar refractivity (Wildman–Crippen MR) is 80.3 cm³/mol. The van der Waals surface area contributed by atoms with Gasteiger partial charge in [0.2, 0.25) is 5.91 Å². The van der Waals surface area contributed by atoms with Gasteiger partial charge in [-0.05, 0) is 30.0 Å². The topological polar surface area (TPSA) is 29.1 Å². The number of halogens is 2. The zero-order valence-electron chi connectivity index (χ0n) is 10.7. The Morgan fingerprint density at radius 1 is 1.33 bits per heavy atom. The zero-order valence-corrected chi connectivity index (χ0v) is 13.1. The first kappa shape index (κ1) is 15.5. The van der Waals surface area contributed by atoms with Crippen molar-refractivity contribution in [1.29, 1.82) is 0 Å². The number of benzene rings is 1. The summed E-state index contributed by atoms with van der Waals surface area (Å²) in [6.45, 7) is 4.24. The maximum Gasteiger partial charge on any atom is 0.224 e. The van der Waals surface area contributed by atoms with Gasteiger partial charge in [-0.1, -0.05) is 53.5 Å². The van der Waals surface area contributed by atoms with E-state index in [0.717, 1.165) is 17.3 Å². The minimum absolute atomic E-state index is 0.0666. The van der Waals surface area contributed by atoms with Crippen molar-refractivity contribution in [3.63, 3.8) is 0 Å². The summed E-state index contributed by atoms with van der Waals surface area (Å²) in [6.07, 6.45) is 1.35. The first-order valence-electron chi connectivity index (χ1n) is 6.12. The quantitative estimate of drug-likeness (QED) is 0.789. The van der Waals surface area contributed by atoms with Crippen molar-refractivity contribution in [2.45, 2.75) is 32.7 Å². The van der Waals surface area contributed by atoms with E-state index in [1.807, 2.05) is 24.3 Å². The van der Waals surface area contributed by atoms with Crippen LogP contribution in [0.1, 0.15) is 25.8 Å². The fourth-order valence-electron chi connectivity index (χ4n) is 1.74. The minimum atomic E-state index is 0.0666. The number of rotatable bonds is 6. The largest absolute Gasteiger partial charge is 0.353 e. The molecule has 0 bridgehead atoms. The van der Waals surface area contributed by atoms with Crippen LogP contribution >= 0.6 is 27.5 Å². The highest BCUT2D eigenvalue weighted by Gasteiger charge is 2.15. The van der Waals surface area contributed by atoms with Crippen LogP contribution in [0.2, 0.25) is 5.02 Å². The van der Waals surface area contributed by atoms with E-state index in [-0.39, 0.29) is 11.9 Å². The van der Waals surface area contributed by atoms with Crippen molar-refractivity contribution in [1.82, 2.24) is 5.32 Å². The monoisotopic (exact) mass is 331 g/mol. The molecule has 0 aliphatic carbocycles. The van der Waals surface area contributed by atoms with Crippen molar-refractivity contribution in [3.8, 4) is 0 Å². The fraction of sp³-hybridized carbons (Fsp3) is 0.500. The van der Waals surface area contributed by atoms with Gasteiger partial charge in [0.25, 0.3) is 0 Å². The maximum absolute atomic E-state index is 11.9. The molecule has 0 aromatic heterocycles. The van der Waals surface area contributed by atoms with E-state index in [0.29, 0.717) is 17.4 Å². The van der Waals surface area contributed by atoms with Gasteiger partial charge < -0.3 is 5.32 Å². The number of carbonyl (C=O) groups excluding carboxylic acids is 1. The third kappa shape index (κ3) is 5.40. The summed E-state index contributed by atoms with van der Waals surface area (Å²) < 4.78 is 0. The van der Waals surface area contributed by atoms with E-state index in [4.69, 9.17) is 11.6 Å². The van der Waals surface area contributed by atoms with E-state index in [1.54, 1.807) is 0 Å². The second-order valence-corrected chi connectivity index (χ2v) is 5.93. The van der Waals surface area contributed by atoms with Crippen LogP contribution in [0.25, 0.3) is 0 Å². The van der Waals surface area contributed by atoms with Gasteiger partial charge in [0.05, 0.1) is 6.42 Å².